The molecule has 1 aromatic heterocycles. The Hall–Kier alpha value is -3.48. The van der Waals surface area contributed by atoms with Crippen molar-refractivity contribution in [2.45, 2.75) is 70.9 Å². The summed E-state index contributed by atoms with van der Waals surface area (Å²) in [6.07, 6.45) is 5.59. The molecule has 0 bridgehead atoms. The quantitative estimate of drug-likeness (QED) is 0.520. The van der Waals surface area contributed by atoms with Gasteiger partial charge in [0.25, 0.3) is 11.8 Å². The Bertz CT molecular complexity index is 1280. The molecule has 0 radical (unpaired) electrons. The maximum atomic E-state index is 14.0. The fourth-order valence-electron chi connectivity index (χ4n) is 5.83. The lowest BCUT2D eigenvalue weighted by atomic mass is 9.81. The van der Waals surface area contributed by atoms with E-state index in [1.807, 2.05) is 39.0 Å². The number of carbonyl (C=O) groups excluding carboxylic acids is 2. The van der Waals surface area contributed by atoms with Crippen molar-refractivity contribution in [3.05, 3.63) is 82.3 Å². The third-order valence-corrected chi connectivity index (χ3v) is 7.57. The molecule has 2 amide bonds. The van der Waals surface area contributed by atoms with E-state index in [4.69, 9.17) is 5.10 Å². The zero-order chi connectivity index (χ0) is 25.4. The van der Waals surface area contributed by atoms with E-state index in [1.54, 1.807) is 23.1 Å². The van der Waals surface area contributed by atoms with E-state index >= 15 is 0 Å². The van der Waals surface area contributed by atoms with Gasteiger partial charge < -0.3 is 5.32 Å². The Balaban J connectivity index is 1.64. The summed E-state index contributed by atoms with van der Waals surface area (Å²) < 4.78 is 15.9. The maximum absolute atomic E-state index is 14.0. The molecule has 188 valence electrons. The van der Waals surface area contributed by atoms with Gasteiger partial charge in [0.1, 0.15) is 17.7 Å². The van der Waals surface area contributed by atoms with Crippen LogP contribution in [0.1, 0.15) is 83.7 Å². The normalized spacial score (nSPS) is 20.3. The van der Waals surface area contributed by atoms with Gasteiger partial charge in [-0.1, -0.05) is 49.1 Å². The molecule has 2 aliphatic rings. The Morgan fingerprint density at radius 3 is 2.47 bits per heavy atom. The standard InChI is InChI=1S/C29H33FN4O2/c1-4-33-28-24(19(3)32-34(28)23-11-6-5-7-12-23)25(20-13-15-22(30)16-14-20)26(29(33)36)31-27(35)21-10-8-9-18(2)17-21/h8-10,13-17,23,25-26H,4-7,11-12H2,1-3H3,(H,31,35)/t25?,26-/m1/s1. The summed E-state index contributed by atoms with van der Waals surface area (Å²) in [5.74, 6) is -0.464. The first-order chi connectivity index (χ1) is 17.4. The lowest BCUT2D eigenvalue weighted by Crippen LogP contribution is -2.55. The molecule has 1 saturated carbocycles. The number of benzene rings is 2. The monoisotopic (exact) mass is 488 g/mol. The number of rotatable bonds is 5. The van der Waals surface area contributed by atoms with Crippen LogP contribution in [0.2, 0.25) is 0 Å². The first-order valence-electron chi connectivity index (χ1n) is 12.9. The summed E-state index contributed by atoms with van der Waals surface area (Å²) in [6.45, 7) is 6.32. The van der Waals surface area contributed by atoms with Crippen molar-refractivity contribution in [2.24, 2.45) is 0 Å². The molecular weight excluding hydrogens is 455 g/mol. The molecule has 3 aromatic rings. The Morgan fingerprint density at radius 1 is 1.08 bits per heavy atom. The fraction of sp³-hybridized carbons (Fsp3) is 0.414. The number of hydrogen-bond donors (Lipinski definition) is 1. The highest BCUT2D eigenvalue weighted by Gasteiger charge is 2.46. The lowest BCUT2D eigenvalue weighted by Gasteiger charge is -2.39. The van der Waals surface area contributed by atoms with E-state index in [9.17, 15) is 14.0 Å². The van der Waals surface area contributed by atoms with Crippen LogP contribution >= 0.6 is 0 Å². The minimum absolute atomic E-state index is 0.169. The molecule has 1 aliphatic carbocycles. The van der Waals surface area contributed by atoms with Crippen molar-refractivity contribution in [3.63, 3.8) is 0 Å². The van der Waals surface area contributed by atoms with Crippen LogP contribution in [0.3, 0.4) is 0 Å². The van der Waals surface area contributed by atoms with Gasteiger partial charge in [-0.15, -0.1) is 0 Å². The van der Waals surface area contributed by atoms with Crippen molar-refractivity contribution in [2.75, 3.05) is 11.4 Å². The summed E-state index contributed by atoms with van der Waals surface area (Å²) in [6, 6.07) is 13.0. The number of halogens is 1. The first-order valence-corrected chi connectivity index (χ1v) is 12.9. The van der Waals surface area contributed by atoms with E-state index in [0.717, 1.165) is 53.9 Å². The van der Waals surface area contributed by atoms with Gasteiger partial charge in [0, 0.05) is 23.6 Å². The number of hydrogen-bond acceptors (Lipinski definition) is 3. The highest BCUT2D eigenvalue weighted by atomic mass is 19.1. The number of nitrogens with zero attached hydrogens (tertiary/aromatic N) is 3. The number of amides is 2. The van der Waals surface area contributed by atoms with Crippen LogP contribution in [0, 0.1) is 19.7 Å². The van der Waals surface area contributed by atoms with E-state index in [2.05, 4.69) is 10.00 Å². The van der Waals surface area contributed by atoms with E-state index in [-0.39, 0.29) is 23.7 Å². The second-order valence-corrected chi connectivity index (χ2v) is 9.99. The van der Waals surface area contributed by atoms with Gasteiger partial charge >= 0.3 is 0 Å². The number of anilines is 1. The van der Waals surface area contributed by atoms with Gasteiger partial charge in [0.15, 0.2) is 0 Å². The van der Waals surface area contributed by atoms with Gasteiger partial charge in [0.05, 0.1) is 11.7 Å². The number of fused-ring (bicyclic) bond motifs is 1. The summed E-state index contributed by atoms with van der Waals surface area (Å²) in [4.78, 5) is 29.1. The summed E-state index contributed by atoms with van der Waals surface area (Å²) in [7, 11) is 0. The second-order valence-electron chi connectivity index (χ2n) is 9.99. The van der Waals surface area contributed by atoms with Crippen LogP contribution in [-0.4, -0.2) is 34.2 Å². The highest BCUT2D eigenvalue weighted by molar-refractivity contribution is 6.05. The predicted octanol–water partition coefficient (Wildman–Crippen LogP) is 5.44. The minimum Gasteiger partial charge on any atom is -0.339 e. The Morgan fingerprint density at radius 2 is 1.81 bits per heavy atom. The molecule has 1 unspecified atom stereocenters. The number of aromatic nitrogens is 2. The van der Waals surface area contributed by atoms with Gasteiger partial charge in [-0.3, -0.25) is 14.5 Å². The molecular formula is C29H33FN4O2. The number of aryl methyl sites for hydroxylation is 2. The molecule has 1 N–H and O–H groups in total. The molecule has 7 heteroatoms. The second kappa shape index (κ2) is 9.88. The lowest BCUT2D eigenvalue weighted by molar-refractivity contribution is -0.121. The van der Waals surface area contributed by atoms with E-state index < -0.39 is 12.0 Å². The largest absolute Gasteiger partial charge is 0.339 e. The summed E-state index contributed by atoms with van der Waals surface area (Å²) in [5.41, 5.74) is 4.02. The molecule has 2 atom stereocenters. The van der Waals surface area contributed by atoms with Crippen LogP contribution in [-0.2, 0) is 4.79 Å². The number of carbonyl (C=O) groups is 2. The highest BCUT2D eigenvalue weighted by Crippen LogP contribution is 2.45. The van der Waals surface area contributed by atoms with Crippen LogP contribution in [0.15, 0.2) is 48.5 Å². The van der Waals surface area contributed by atoms with E-state index in [0.29, 0.717) is 12.1 Å². The molecule has 6 nitrogen and oxygen atoms in total. The van der Waals surface area contributed by atoms with Gasteiger partial charge in [-0.05, 0) is 63.4 Å². The molecule has 2 aromatic carbocycles. The average molecular weight is 489 g/mol. The third kappa shape index (κ3) is 4.31. The smallest absolute Gasteiger partial charge is 0.251 e. The van der Waals surface area contributed by atoms with Gasteiger partial charge in [-0.25, -0.2) is 9.07 Å². The minimum atomic E-state index is -0.835. The zero-order valence-electron chi connectivity index (χ0n) is 21.1. The molecule has 2 heterocycles. The molecule has 5 rings (SSSR count). The molecule has 1 fully saturated rings. The van der Waals surface area contributed by atoms with E-state index in [1.165, 1.54) is 18.6 Å². The van der Waals surface area contributed by atoms with Crippen LogP contribution < -0.4 is 10.2 Å². The number of likely N-dealkylation sites (N-methyl/N-ethyl adjacent to an activating group) is 1. The zero-order valence-corrected chi connectivity index (χ0v) is 21.1. The third-order valence-electron chi connectivity index (χ3n) is 7.57. The van der Waals surface area contributed by atoms with Gasteiger partial charge in [0.2, 0.25) is 0 Å². The molecule has 0 spiro atoms. The Labute approximate surface area is 211 Å². The van der Waals surface area contributed by atoms with Crippen LogP contribution in [0.25, 0.3) is 0 Å². The van der Waals surface area contributed by atoms with Crippen LogP contribution in [0.5, 0.6) is 0 Å². The average Bonchev–Trinajstić information content (AvgIpc) is 3.22. The maximum Gasteiger partial charge on any atom is 0.251 e. The van der Waals surface area contributed by atoms with Gasteiger partial charge in [-0.2, -0.15) is 5.10 Å². The van der Waals surface area contributed by atoms with Crippen LogP contribution in [0.4, 0.5) is 10.2 Å². The molecule has 36 heavy (non-hydrogen) atoms. The summed E-state index contributed by atoms with van der Waals surface area (Å²) in [5, 5.41) is 8.00. The summed E-state index contributed by atoms with van der Waals surface area (Å²) >= 11 is 0. The fourth-order valence-corrected chi connectivity index (χ4v) is 5.83. The van der Waals surface area contributed by atoms with Crippen molar-refractivity contribution in [1.82, 2.24) is 15.1 Å². The SMILES string of the molecule is CCN1C(=O)[C@H](NC(=O)c2cccc(C)c2)C(c2ccc(F)cc2)c2c(C)nn(C3CCCCC3)c21. The molecule has 0 saturated heterocycles. The predicted molar refractivity (Wildman–Crippen MR) is 138 cm³/mol. The topological polar surface area (TPSA) is 67.2 Å². The number of nitrogens with one attached hydrogen (secondary N) is 1. The van der Waals surface area contributed by atoms with Crippen molar-refractivity contribution < 1.29 is 14.0 Å². The first kappa shape index (κ1) is 24.2. The Kier molecular flexibility index (Phi) is 6.65. The van der Waals surface area contributed by atoms with Crippen molar-refractivity contribution in [3.8, 4) is 0 Å². The molecule has 1 aliphatic heterocycles. The van der Waals surface area contributed by atoms with Crippen molar-refractivity contribution >= 4 is 17.6 Å². The van der Waals surface area contributed by atoms with Crippen molar-refractivity contribution in [1.29, 1.82) is 0 Å².